The quantitative estimate of drug-likeness (QED) is 0.637. The van der Waals surface area contributed by atoms with Gasteiger partial charge in [0, 0.05) is 24.7 Å². The highest BCUT2D eigenvalue weighted by molar-refractivity contribution is 7.89. The Bertz CT molecular complexity index is 857. The molecule has 0 radical (unpaired) electrons. The van der Waals surface area contributed by atoms with E-state index in [1.165, 1.54) is 14.2 Å². The largest absolute Gasteiger partial charge is 0.497 e. The van der Waals surface area contributed by atoms with Crippen LogP contribution in [0.5, 0.6) is 11.5 Å². The van der Waals surface area contributed by atoms with Crippen molar-refractivity contribution in [3.05, 3.63) is 53.6 Å². The second-order valence-corrected chi connectivity index (χ2v) is 7.52. The molecule has 0 unspecified atom stereocenters. The smallest absolute Gasteiger partial charge is 0.251 e. The van der Waals surface area contributed by atoms with Crippen molar-refractivity contribution in [1.29, 1.82) is 0 Å². The molecule has 0 spiro atoms. The third-order valence-electron chi connectivity index (χ3n) is 3.96. The van der Waals surface area contributed by atoms with Crippen molar-refractivity contribution in [2.24, 2.45) is 0 Å². The molecule has 0 aliphatic heterocycles. The molecule has 2 aromatic carbocycles. The second-order valence-electron chi connectivity index (χ2n) is 5.75. The van der Waals surface area contributed by atoms with Gasteiger partial charge in [0.15, 0.2) is 0 Å². The van der Waals surface area contributed by atoms with Crippen LogP contribution in [0.15, 0.2) is 47.4 Å². The number of benzene rings is 2. The lowest BCUT2D eigenvalue weighted by molar-refractivity contribution is 0.0953. The van der Waals surface area contributed by atoms with Gasteiger partial charge in [0.2, 0.25) is 10.0 Å². The van der Waals surface area contributed by atoms with Crippen LogP contribution in [-0.4, -0.2) is 41.6 Å². The zero-order valence-corrected chi connectivity index (χ0v) is 16.4. The van der Waals surface area contributed by atoms with Gasteiger partial charge in [-0.2, -0.15) is 0 Å². The van der Waals surface area contributed by atoms with Crippen molar-refractivity contribution in [3.8, 4) is 11.5 Å². The fraction of sp³-hybridized carbons (Fsp3) is 0.316. The third-order valence-corrected chi connectivity index (χ3v) is 5.44. The SMILES string of the molecule is CCc1ccc(S(=O)(=O)NCCNC(=O)c2cc(OC)cc(OC)c2)cc1. The predicted molar refractivity (Wildman–Crippen MR) is 103 cm³/mol. The predicted octanol–water partition coefficient (Wildman–Crippen LogP) is 1.97. The minimum Gasteiger partial charge on any atom is -0.497 e. The zero-order chi connectivity index (χ0) is 19.9. The van der Waals surface area contributed by atoms with E-state index in [2.05, 4.69) is 10.0 Å². The Morgan fingerprint density at radius 1 is 0.963 bits per heavy atom. The van der Waals surface area contributed by atoms with Gasteiger partial charge in [0.1, 0.15) is 11.5 Å². The third kappa shape index (κ3) is 5.70. The van der Waals surface area contributed by atoms with Crippen molar-refractivity contribution < 1.29 is 22.7 Å². The van der Waals surface area contributed by atoms with Crippen LogP contribution in [-0.2, 0) is 16.4 Å². The van der Waals surface area contributed by atoms with Crippen molar-refractivity contribution in [3.63, 3.8) is 0 Å². The Hall–Kier alpha value is -2.58. The first-order chi connectivity index (χ1) is 12.9. The van der Waals surface area contributed by atoms with Gasteiger partial charge in [-0.05, 0) is 36.2 Å². The second kappa shape index (κ2) is 9.38. The van der Waals surface area contributed by atoms with Crippen LogP contribution in [0.3, 0.4) is 0 Å². The summed E-state index contributed by atoms with van der Waals surface area (Å²) in [4.78, 5) is 12.4. The highest BCUT2D eigenvalue weighted by Gasteiger charge is 2.14. The number of sulfonamides is 1. The topological polar surface area (TPSA) is 93.7 Å². The lowest BCUT2D eigenvalue weighted by Gasteiger charge is -2.10. The van der Waals surface area contributed by atoms with Crippen molar-refractivity contribution in [2.45, 2.75) is 18.2 Å². The molecule has 27 heavy (non-hydrogen) atoms. The molecule has 0 heterocycles. The number of aryl methyl sites for hydroxylation is 1. The van der Waals surface area contributed by atoms with Crippen molar-refractivity contribution in [2.75, 3.05) is 27.3 Å². The molecular weight excluding hydrogens is 368 g/mol. The van der Waals surface area contributed by atoms with Crippen LogP contribution in [0.1, 0.15) is 22.8 Å². The van der Waals surface area contributed by atoms with Gasteiger partial charge in [-0.3, -0.25) is 4.79 Å². The average molecular weight is 392 g/mol. The van der Waals surface area contributed by atoms with E-state index in [1.54, 1.807) is 42.5 Å². The molecule has 2 N–H and O–H groups in total. The van der Waals surface area contributed by atoms with E-state index in [0.29, 0.717) is 17.1 Å². The first kappa shape index (κ1) is 20.7. The first-order valence-corrected chi connectivity index (χ1v) is 9.97. The fourth-order valence-corrected chi connectivity index (χ4v) is 3.42. The number of carbonyl (C=O) groups excluding carboxylic acids is 1. The van der Waals surface area contributed by atoms with Crippen LogP contribution in [0, 0.1) is 0 Å². The molecule has 8 heteroatoms. The molecule has 0 saturated heterocycles. The summed E-state index contributed by atoms with van der Waals surface area (Å²) in [6.45, 7) is 2.22. The highest BCUT2D eigenvalue weighted by Crippen LogP contribution is 2.22. The van der Waals surface area contributed by atoms with Crippen LogP contribution in [0.25, 0.3) is 0 Å². The summed E-state index contributed by atoms with van der Waals surface area (Å²) in [5.74, 6) is 0.644. The maximum atomic E-state index is 12.3. The minimum absolute atomic E-state index is 0.0741. The molecule has 0 bridgehead atoms. The average Bonchev–Trinajstić information content (AvgIpc) is 2.70. The van der Waals surface area contributed by atoms with Gasteiger partial charge in [-0.15, -0.1) is 0 Å². The lowest BCUT2D eigenvalue weighted by Crippen LogP contribution is -2.34. The molecule has 0 fully saturated rings. The molecule has 0 saturated carbocycles. The lowest BCUT2D eigenvalue weighted by atomic mass is 10.2. The van der Waals surface area contributed by atoms with Gasteiger partial charge in [-0.25, -0.2) is 13.1 Å². The minimum atomic E-state index is -3.61. The molecule has 0 aliphatic carbocycles. The Kier molecular flexibility index (Phi) is 7.20. The van der Waals surface area contributed by atoms with Gasteiger partial charge in [-0.1, -0.05) is 19.1 Å². The Labute approximate surface area is 159 Å². The van der Waals surface area contributed by atoms with Crippen molar-refractivity contribution in [1.82, 2.24) is 10.0 Å². The van der Waals surface area contributed by atoms with Crippen LogP contribution in [0.4, 0.5) is 0 Å². The molecule has 7 nitrogen and oxygen atoms in total. The summed E-state index contributed by atoms with van der Waals surface area (Å²) < 4.78 is 37.2. The maximum absolute atomic E-state index is 12.3. The number of rotatable bonds is 9. The number of methoxy groups -OCH3 is 2. The highest BCUT2D eigenvalue weighted by atomic mass is 32.2. The van der Waals surface area contributed by atoms with Gasteiger partial charge in [0.25, 0.3) is 5.91 Å². The number of ether oxygens (including phenoxy) is 2. The summed E-state index contributed by atoms with van der Waals surface area (Å²) in [6.07, 6.45) is 0.842. The molecule has 0 atom stereocenters. The Balaban J connectivity index is 1.91. The first-order valence-electron chi connectivity index (χ1n) is 8.49. The number of nitrogens with one attached hydrogen (secondary N) is 2. The standard InChI is InChI=1S/C19H24N2O5S/c1-4-14-5-7-18(8-6-14)27(23,24)21-10-9-20-19(22)15-11-16(25-2)13-17(12-15)26-3/h5-8,11-13,21H,4,9-10H2,1-3H3,(H,20,22). The molecule has 1 amide bonds. The number of hydrogen-bond acceptors (Lipinski definition) is 5. The van der Waals surface area contributed by atoms with E-state index in [4.69, 9.17) is 9.47 Å². The van der Waals surface area contributed by atoms with E-state index in [-0.39, 0.29) is 23.9 Å². The van der Waals surface area contributed by atoms with E-state index < -0.39 is 10.0 Å². The summed E-state index contributed by atoms with van der Waals surface area (Å²) in [7, 11) is -0.614. The van der Waals surface area contributed by atoms with E-state index in [1.807, 2.05) is 6.92 Å². The van der Waals surface area contributed by atoms with Gasteiger partial charge in [0.05, 0.1) is 19.1 Å². The Morgan fingerprint density at radius 2 is 1.56 bits per heavy atom. The number of hydrogen-bond donors (Lipinski definition) is 2. The van der Waals surface area contributed by atoms with E-state index in [0.717, 1.165) is 12.0 Å². The van der Waals surface area contributed by atoms with Crippen LogP contribution < -0.4 is 19.5 Å². The zero-order valence-electron chi connectivity index (χ0n) is 15.6. The number of amides is 1. The summed E-state index contributed by atoms with van der Waals surface area (Å²) in [6, 6.07) is 11.5. The molecule has 0 aliphatic rings. The van der Waals surface area contributed by atoms with Crippen molar-refractivity contribution >= 4 is 15.9 Å². The van der Waals surface area contributed by atoms with E-state index in [9.17, 15) is 13.2 Å². The normalized spacial score (nSPS) is 11.1. The summed E-state index contributed by atoms with van der Waals surface area (Å²) in [5, 5.41) is 2.67. The molecule has 2 rings (SSSR count). The molecular formula is C19H24N2O5S. The summed E-state index contributed by atoms with van der Waals surface area (Å²) >= 11 is 0. The molecule has 0 aromatic heterocycles. The Morgan fingerprint density at radius 3 is 2.07 bits per heavy atom. The number of carbonyl (C=O) groups is 1. The monoisotopic (exact) mass is 392 g/mol. The van der Waals surface area contributed by atoms with Gasteiger partial charge >= 0.3 is 0 Å². The summed E-state index contributed by atoms with van der Waals surface area (Å²) in [5.41, 5.74) is 1.43. The fourth-order valence-electron chi connectivity index (χ4n) is 2.39. The molecule has 146 valence electrons. The van der Waals surface area contributed by atoms with Crippen LogP contribution in [0.2, 0.25) is 0 Å². The van der Waals surface area contributed by atoms with Gasteiger partial charge < -0.3 is 14.8 Å². The maximum Gasteiger partial charge on any atom is 0.251 e. The van der Waals surface area contributed by atoms with E-state index >= 15 is 0 Å². The van der Waals surface area contributed by atoms with Crippen LogP contribution >= 0.6 is 0 Å². The molecule has 2 aromatic rings.